The van der Waals surface area contributed by atoms with Crippen molar-refractivity contribution in [2.24, 2.45) is 4.99 Å². The molecule has 4 heteroatoms. The van der Waals surface area contributed by atoms with Crippen LogP contribution in [0.1, 0.15) is 5.56 Å². The van der Waals surface area contributed by atoms with Gasteiger partial charge in [0.25, 0.3) is 0 Å². The highest BCUT2D eigenvalue weighted by Gasteiger charge is 2.09. The Morgan fingerprint density at radius 1 is 0.905 bits per heavy atom. The summed E-state index contributed by atoms with van der Waals surface area (Å²) in [7, 11) is 0. The lowest BCUT2D eigenvalue weighted by molar-refractivity contribution is 0.471. The van der Waals surface area contributed by atoms with Crippen LogP contribution < -0.4 is 0 Å². The van der Waals surface area contributed by atoms with E-state index in [4.69, 9.17) is 11.6 Å². The minimum Gasteiger partial charge on any atom is -0.507 e. The highest BCUT2D eigenvalue weighted by molar-refractivity contribution is 6.30. The Labute approximate surface area is 126 Å². The lowest BCUT2D eigenvalue weighted by atomic mass is 10.1. The van der Waals surface area contributed by atoms with Gasteiger partial charge in [0.2, 0.25) is 0 Å². The fourth-order valence-electron chi connectivity index (χ4n) is 2.16. The van der Waals surface area contributed by atoms with Crippen LogP contribution in [0.5, 0.6) is 11.5 Å². The van der Waals surface area contributed by atoms with Crippen LogP contribution in [0.4, 0.5) is 5.69 Å². The van der Waals surface area contributed by atoms with Crippen molar-refractivity contribution >= 4 is 34.3 Å². The van der Waals surface area contributed by atoms with Crippen LogP contribution in [0.2, 0.25) is 5.02 Å². The van der Waals surface area contributed by atoms with E-state index in [9.17, 15) is 10.2 Å². The summed E-state index contributed by atoms with van der Waals surface area (Å²) in [6.45, 7) is 0. The molecule has 0 spiro atoms. The zero-order valence-electron chi connectivity index (χ0n) is 11.0. The van der Waals surface area contributed by atoms with Crippen LogP contribution in [0, 0.1) is 0 Å². The quantitative estimate of drug-likeness (QED) is 0.534. The molecule has 0 atom stereocenters. The third kappa shape index (κ3) is 2.69. The molecule has 0 heterocycles. The van der Waals surface area contributed by atoms with Gasteiger partial charge in [0.15, 0.2) is 0 Å². The summed E-state index contributed by atoms with van der Waals surface area (Å²) in [5.74, 6) is 0.128. The van der Waals surface area contributed by atoms with E-state index in [1.807, 2.05) is 12.1 Å². The average molecular weight is 298 g/mol. The summed E-state index contributed by atoms with van der Waals surface area (Å²) in [5.41, 5.74) is 1.13. The molecule has 3 rings (SSSR count). The van der Waals surface area contributed by atoms with Gasteiger partial charge in [0, 0.05) is 28.1 Å². The first-order valence-corrected chi connectivity index (χ1v) is 6.76. The van der Waals surface area contributed by atoms with Gasteiger partial charge in [-0.15, -0.1) is 0 Å². The molecule has 0 radical (unpaired) electrons. The molecule has 104 valence electrons. The Morgan fingerprint density at radius 3 is 2.43 bits per heavy atom. The Morgan fingerprint density at radius 2 is 1.67 bits per heavy atom. The van der Waals surface area contributed by atoms with Gasteiger partial charge in [-0.1, -0.05) is 48.0 Å². The van der Waals surface area contributed by atoms with E-state index < -0.39 is 0 Å². The number of aromatic hydroxyl groups is 2. The fraction of sp³-hybridized carbons (Fsp3) is 0. The van der Waals surface area contributed by atoms with Gasteiger partial charge in [-0.2, -0.15) is 0 Å². The number of phenols is 2. The van der Waals surface area contributed by atoms with Gasteiger partial charge in [-0.05, 0) is 17.7 Å². The molecule has 0 bridgehead atoms. The second-order valence-corrected chi connectivity index (χ2v) is 5.06. The number of halogens is 1. The molecule has 0 saturated heterocycles. The van der Waals surface area contributed by atoms with Crippen molar-refractivity contribution in [2.45, 2.75) is 0 Å². The van der Waals surface area contributed by atoms with Crippen LogP contribution in [0.15, 0.2) is 59.6 Å². The normalized spacial score (nSPS) is 11.3. The van der Waals surface area contributed by atoms with Gasteiger partial charge in [-0.25, -0.2) is 0 Å². The van der Waals surface area contributed by atoms with Gasteiger partial charge in [0.05, 0.1) is 0 Å². The molecular formula is C17H12ClNO2. The molecule has 0 amide bonds. The van der Waals surface area contributed by atoms with E-state index in [1.165, 1.54) is 6.07 Å². The molecule has 3 aromatic rings. The molecule has 3 nitrogen and oxygen atoms in total. The summed E-state index contributed by atoms with van der Waals surface area (Å²) in [6, 6.07) is 15.7. The summed E-state index contributed by atoms with van der Waals surface area (Å²) in [5, 5.41) is 22.0. The molecule has 0 unspecified atom stereocenters. The Balaban J connectivity index is 2.07. The van der Waals surface area contributed by atoms with Crippen molar-refractivity contribution in [1.82, 2.24) is 0 Å². The zero-order chi connectivity index (χ0) is 14.8. The largest absolute Gasteiger partial charge is 0.507 e. The number of phenolic OH excluding ortho intramolecular Hbond substituents is 2. The molecule has 0 saturated carbocycles. The van der Waals surface area contributed by atoms with E-state index in [0.717, 1.165) is 5.56 Å². The molecule has 0 aliphatic carbocycles. The van der Waals surface area contributed by atoms with Crippen molar-refractivity contribution in [3.05, 3.63) is 65.2 Å². The molecule has 0 aliphatic heterocycles. The maximum Gasteiger partial charge on any atom is 0.149 e. The average Bonchev–Trinajstić information content (AvgIpc) is 2.50. The van der Waals surface area contributed by atoms with Crippen molar-refractivity contribution in [1.29, 1.82) is 0 Å². The summed E-state index contributed by atoms with van der Waals surface area (Å²) < 4.78 is 0. The zero-order valence-corrected chi connectivity index (χ0v) is 11.7. The van der Waals surface area contributed by atoms with Crippen LogP contribution in [0.3, 0.4) is 0 Å². The summed E-state index contributed by atoms with van der Waals surface area (Å²) in [6.07, 6.45) is 1.59. The number of hydrogen-bond donors (Lipinski definition) is 2. The maximum atomic E-state index is 10.3. The molecule has 21 heavy (non-hydrogen) atoms. The fourth-order valence-corrected chi connectivity index (χ4v) is 2.35. The summed E-state index contributed by atoms with van der Waals surface area (Å²) >= 11 is 5.91. The topological polar surface area (TPSA) is 52.8 Å². The van der Waals surface area contributed by atoms with Gasteiger partial charge in [-0.3, -0.25) is 4.99 Å². The van der Waals surface area contributed by atoms with E-state index in [0.29, 0.717) is 21.5 Å². The highest BCUT2D eigenvalue weighted by atomic mass is 35.5. The van der Waals surface area contributed by atoms with E-state index in [-0.39, 0.29) is 11.5 Å². The number of rotatable bonds is 2. The first kappa shape index (κ1) is 13.5. The monoisotopic (exact) mass is 297 g/mol. The number of aliphatic imine (C=N–C) groups is 1. The molecule has 0 fully saturated rings. The van der Waals surface area contributed by atoms with Crippen LogP contribution in [-0.2, 0) is 0 Å². The Hall–Kier alpha value is -2.52. The molecule has 3 aromatic carbocycles. The van der Waals surface area contributed by atoms with E-state index in [1.54, 1.807) is 42.6 Å². The van der Waals surface area contributed by atoms with Crippen LogP contribution >= 0.6 is 11.6 Å². The number of hydrogen-bond acceptors (Lipinski definition) is 3. The SMILES string of the molecule is Oc1cc(N=Cc2cccc(Cl)c2)c(O)c2ccccc12. The maximum absolute atomic E-state index is 10.3. The predicted octanol–water partition coefficient (Wildman–Crippen LogP) is 4.66. The molecule has 0 aliphatic rings. The van der Waals surface area contributed by atoms with E-state index in [2.05, 4.69) is 4.99 Å². The number of fused-ring (bicyclic) bond motifs is 1. The van der Waals surface area contributed by atoms with Gasteiger partial charge in [0.1, 0.15) is 17.2 Å². The van der Waals surface area contributed by atoms with Gasteiger partial charge >= 0.3 is 0 Å². The minimum absolute atomic E-state index is 0.0432. The Kier molecular flexibility index (Phi) is 3.50. The Bertz CT molecular complexity index is 843. The summed E-state index contributed by atoms with van der Waals surface area (Å²) in [4.78, 5) is 4.23. The third-order valence-corrected chi connectivity index (χ3v) is 3.41. The first-order valence-electron chi connectivity index (χ1n) is 6.38. The van der Waals surface area contributed by atoms with Crippen molar-refractivity contribution in [2.75, 3.05) is 0 Å². The third-order valence-electron chi connectivity index (χ3n) is 3.18. The predicted molar refractivity (Wildman–Crippen MR) is 86.0 cm³/mol. The second kappa shape index (κ2) is 5.46. The van der Waals surface area contributed by atoms with Crippen LogP contribution in [0.25, 0.3) is 10.8 Å². The van der Waals surface area contributed by atoms with Gasteiger partial charge < -0.3 is 10.2 Å². The smallest absolute Gasteiger partial charge is 0.149 e. The lowest BCUT2D eigenvalue weighted by Gasteiger charge is -2.06. The standard InChI is InChI=1S/C17H12ClNO2/c18-12-5-3-4-11(8-12)10-19-15-9-16(20)13-6-1-2-7-14(13)17(15)21/h1-10,20-21H. The highest BCUT2D eigenvalue weighted by Crippen LogP contribution is 2.39. The van der Waals surface area contributed by atoms with Crippen molar-refractivity contribution < 1.29 is 10.2 Å². The minimum atomic E-state index is 0.0432. The van der Waals surface area contributed by atoms with E-state index >= 15 is 0 Å². The molecular weight excluding hydrogens is 286 g/mol. The lowest BCUT2D eigenvalue weighted by Crippen LogP contribution is -1.81. The molecule has 2 N–H and O–H groups in total. The second-order valence-electron chi connectivity index (χ2n) is 4.62. The number of nitrogens with zero attached hydrogens (tertiary/aromatic N) is 1. The number of benzene rings is 3. The molecule has 0 aromatic heterocycles. The van der Waals surface area contributed by atoms with Crippen LogP contribution in [-0.4, -0.2) is 16.4 Å². The first-order chi connectivity index (χ1) is 10.1. The van der Waals surface area contributed by atoms with Crippen molar-refractivity contribution in [3.8, 4) is 11.5 Å². The van der Waals surface area contributed by atoms with Crippen molar-refractivity contribution in [3.63, 3.8) is 0 Å².